The summed E-state index contributed by atoms with van der Waals surface area (Å²) in [4.78, 5) is 0. The summed E-state index contributed by atoms with van der Waals surface area (Å²) in [5.41, 5.74) is 1.97. The van der Waals surface area contributed by atoms with Crippen molar-refractivity contribution in [1.82, 2.24) is 0 Å². The number of hydrogen-bond acceptors (Lipinski definition) is 3. The molecule has 2 aromatic rings. The van der Waals surface area contributed by atoms with Crippen LogP contribution in [0.3, 0.4) is 0 Å². The van der Waals surface area contributed by atoms with Gasteiger partial charge in [0.1, 0.15) is 11.5 Å². The normalized spacial score (nSPS) is 11.9. The van der Waals surface area contributed by atoms with Crippen LogP contribution in [-0.4, -0.2) is 14.2 Å². The maximum absolute atomic E-state index is 6.22. The smallest absolute Gasteiger partial charge is 0.133 e. The summed E-state index contributed by atoms with van der Waals surface area (Å²) in [7, 11) is 3.29. The fourth-order valence-corrected chi connectivity index (χ4v) is 2.74. The van der Waals surface area contributed by atoms with Crippen LogP contribution in [0.25, 0.3) is 0 Å². The summed E-state index contributed by atoms with van der Waals surface area (Å²) in [6.07, 6.45) is 0. The molecule has 0 aliphatic heterocycles. The first kappa shape index (κ1) is 16.0. The molecular formula is C16H17BrClNO2. The van der Waals surface area contributed by atoms with Gasteiger partial charge >= 0.3 is 0 Å². The van der Waals surface area contributed by atoms with E-state index in [9.17, 15) is 0 Å². The topological polar surface area (TPSA) is 30.5 Å². The molecule has 1 atom stereocenters. The second kappa shape index (κ2) is 7.05. The van der Waals surface area contributed by atoms with Crippen molar-refractivity contribution in [2.75, 3.05) is 19.5 Å². The molecule has 2 aromatic carbocycles. The monoisotopic (exact) mass is 369 g/mol. The second-order valence-electron chi connectivity index (χ2n) is 4.61. The predicted molar refractivity (Wildman–Crippen MR) is 90.7 cm³/mol. The highest BCUT2D eigenvalue weighted by Crippen LogP contribution is 2.32. The Labute approximate surface area is 138 Å². The molecule has 0 aliphatic rings. The van der Waals surface area contributed by atoms with E-state index in [1.54, 1.807) is 14.2 Å². The van der Waals surface area contributed by atoms with E-state index in [0.29, 0.717) is 5.02 Å². The summed E-state index contributed by atoms with van der Waals surface area (Å²) in [5.74, 6) is 1.58. The molecule has 0 aromatic heterocycles. The molecule has 0 bridgehead atoms. The van der Waals surface area contributed by atoms with Gasteiger partial charge in [0.25, 0.3) is 0 Å². The third-order valence-corrected chi connectivity index (χ3v) is 4.17. The van der Waals surface area contributed by atoms with Gasteiger partial charge in [-0.25, -0.2) is 0 Å². The second-order valence-corrected chi connectivity index (χ2v) is 5.87. The molecule has 21 heavy (non-hydrogen) atoms. The van der Waals surface area contributed by atoms with Crippen LogP contribution in [0, 0.1) is 0 Å². The van der Waals surface area contributed by atoms with Crippen molar-refractivity contribution in [3.05, 3.63) is 51.5 Å². The number of methoxy groups -OCH3 is 2. The maximum Gasteiger partial charge on any atom is 0.133 e. The van der Waals surface area contributed by atoms with Crippen molar-refractivity contribution < 1.29 is 9.47 Å². The van der Waals surface area contributed by atoms with Crippen LogP contribution in [-0.2, 0) is 0 Å². The standard InChI is InChI=1S/C16H17BrClNO2/c1-10(11-4-7-16(21-3)13(17)8-11)19-15-9-12(20-2)5-6-14(15)18/h4-10,19H,1-3H3. The molecule has 5 heteroatoms. The lowest BCUT2D eigenvalue weighted by Crippen LogP contribution is -2.07. The molecule has 0 saturated carbocycles. The van der Waals surface area contributed by atoms with Crippen molar-refractivity contribution >= 4 is 33.2 Å². The first-order valence-corrected chi connectivity index (χ1v) is 7.65. The lowest BCUT2D eigenvalue weighted by Gasteiger charge is -2.18. The molecule has 3 nitrogen and oxygen atoms in total. The van der Waals surface area contributed by atoms with Gasteiger partial charge in [0.2, 0.25) is 0 Å². The van der Waals surface area contributed by atoms with Crippen molar-refractivity contribution in [1.29, 1.82) is 0 Å². The van der Waals surface area contributed by atoms with Crippen LogP contribution in [0.4, 0.5) is 5.69 Å². The summed E-state index contributed by atoms with van der Waals surface area (Å²) >= 11 is 9.72. The molecule has 2 rings (SSSR count). The highest BCUT2D eigenvalue weighted by Gasteiger charge is 2.11. The van der Waals surface area contributed by atoms with Gasteiger partial charge in [-0.15, -0.1) is 0 Å². The molecule has 0 fully saturated rings. The average Bonchev–Trinajstić information content (AvgIpc) is 2.49. The Balaban J connectivity index is 2.21. The lowest BCUT2D eigenvalue weighted by molar-refractivity contribution is 0.412. The van der Waals surface area contributed by atoms with Gasteiger partial charge in [0.05, 0.1) is 29.4 Å². The highest BCUT2D eigenvalue weighted by molar-refractivity contribution is 9.10. The zero-order valence-electron chi connectivity index (χ0n) is 12.1. The van der Waals surface area contributed by atoms with Crippen LogP contribution in [0.1, 0.15) is 18.5 Å². The van der Waals surface area contributed by atoms with Crippen molar-refractivity contribution in [3.63, 3.8) is 0 Å². The minimum Gasteiger partial charge on any atom is -0.497 e. The largest absolute Gasteiger partial charge is 0.497 e. The number of ether oxygens (including phenoxy) is 2. The summed E-state index contributed by atoms with van der Waals surface area (Å²) in [6, 6.07) is 11.6. The zero-order valence-corrected chi connectivity index (χ0v) is 14.5. The molecular weight excluding hydrogens is 354 g/mol. The molecule has 0 saturated heterocycles. The van der Waals surface area contributed by atoms with E-state index in [0.717, 1.165) is 27.2 Å². The minimum absolute atomic E-state index is 0.0943. The van der Waals surface area contributed by atoms with E-state index in [4.69, 9.17) is 21.1 Å². The van der Waals surface area contributed by atoms with Crippen molar-refractivity contribution in [3.8, 4) is 11.5 Å². The predicted octanol–water partition coefficient (Wildman–Crippen LogP) is 5.29. The number of halogens is 2. The van der Waals surface area contributed by atoms with Crippen LogP contribution < -0.4 is 14.8 Å². The van der Waals surface area contributed by atoms with Crippen LogP contribution in [0.15, 0.2) is 40.9 Å². The van der Waals surface area contributed by atoms with Crippen LogP contribution in [0.5, 0.6) is 11.5 Å². The van der Waals surface area contributed by atoms with Gasteiger partial charge in [-0.2, -0.15) is 0 Å². The highest BCUT2D eigenvalue weighted by atomic mass is 79.9. The van der Waals surface area contributed by atoms with Gasteiger partial charge in [0, 0.05) is 12.1 Å². The van der Waals surface area contributed by atoms with Gasteiger partial charge < -0.3 is 14.8 Å². The zero-order chi connectivity index (χ0) is 15.4. The molecule has 0 aliphatic carbocycles. The minimum atomic E-state index is 0.0943. The Kier molecular flexibility index (Phi) is 5.37. The number of rotatable bonds is 5. The number of hydrogen-bond donors (Lipinski definition) is 1. The SMILES string of the molecule is COc1ccc(Cl)c(NC(C)c2ccc(OC)c(Br)c2)c1. The van der Waals surface area contributed by atoms with E-state index < -0.39 is 0 Å². The Morgan fingerprint density at radius 1 is 1.10 bits per heavy atom. The average molecular weight is 371 g/mol. The molecule has 0 radical (unpaired) electrons. The molecule has 0 amide bonds. The summed E-state index contributed by atoms with van der Waals surface area (Å²) in [6.45, 7) is 2.07. The summed E-state index contributed by atoms with van der Waals surface area (Å²) < 4.78 is 11.4. The first-order valence-electron chi connectivity index (χ1n) is 6.48. The Morgan fingerprint density at radius 2 is 1.86 bits per heavy atom. The Hall–Kier alpha value is -1.39. The van der Waals surface area contributed by atoms with Gasteiger partial charge in [-0.1, -0.05) is 17.7 Å². The Morgan fingerprint density at radius 3 is 2.48 bits per heavy atom. The van der Waals surface area contributed by atoms with Crippen molar-refractivity contribution in [2.45, 2.75) is 13.0 Å². The molecule has 1 N–H and O–H groups in total. The quantitative estimate of drug-likeness (QED) is 0.775. The van der Waals surface area contributed by atoms with E-state index in [1.807, 2.05) is 36.4 Å². The molecule has 0 spiro atoms. The van der Waals surface area contributed by atoms with Gasteiger partial charge in [-0.05, 0) is 52.7 Å². The third-order valence-electron chi connectivity index (χ3n) is 3.22. The first-order chi connectivity index (χ1) is 10.0. The third kappa shape index (κ3) is 3.83. The fourth-order valence-electron chi connectivity index (χ4n) is 2.01. The molecule has 112 valence electrons. The van der Waals surface area contributed by atoms with Gasteiger partial charge in [-0.3, -0.25) is 0 Å². The Bertz CT molecular complexity index is 634. The lowest BCUT2D eigenvalue weighted by atomic mass is 10.1. The van der Waals surface area contributed by atoms with E-state index >= 15 is 0 Å². The van der Waals surface area contributed by atoms with Crippen molar-refractivity contribution in [2.24, 2.45) is 0 Å². The number of anilines is 1. The van der Waals surface area contributed by atoms with E-state index in [2.05, 4.69) is 28.2 Å². The van der Waals surface area contributed by atoms with Crippen LogP contribution in [0.2, 0.25) is 5.02 Å². The van der Waals surface area contributed by atoms with Crippen LogP contribution >= 0.6 is 27.5 Å². The molecule has 0 heterocycles. The number of benzene rings is 2. The summed E-state index contributed by atoms with van der Waals surface area (Å²) in [5, 5.41) is 4.05. The fraction of sp³-hybridized carbons (Fsp3) is 0.250. The maximum atomic E-state index is 6.22. The molecule has 1 unspecified atom stereocenters. The van der Waals surface area contributed by atoms with E-state index in [1.165, 1.54) is 0 Å². The number of nitrogens with one attached hydrogen (secondary N) is 1. The van der Waals surface area contributed by atoms with Gasteiger partial charge in [0.15, 0.2) is 0 Å². The van der Waals surface area contributed by atoms with E-state index in [-0.39, 0.29) is 6.04 Å².